The zero-order chi connectivity index (χ0) is 29.2. The number of ether oxygens (including phenoxy) is 2. The van der Waals surface area contributed by atoms with Crippen molar-refractivity contribution in [1.82, 2.24) is 0 Å². The first-order valence-electron chi connectivity index (χ1n) is 15.0. The molecule has 0 aromatic carbocycles. The lowest BCUT2D eigenvalue weighted by Gasteiger charge is -2.24. The van der Waals surface area contributed by atoms with Crippen LogP contribution in [0, 0.1) is 0 Å². The highest BCUT2D eigenvalue weighted by molar-refractivity contribution is 7.47. The van der Waals surface area contributed by atoms with Gasteiger partial charge >= 0.3 is 13.8 Å². The number of hydrogen-bond donors (Lipinski definition) is 2. The third kappa shape index (κ3) is 30.0. The van der Waals surface area contributed by atoms with Crippen molar-refractivity contribution in [3.63, 3.8) is 0 Å². The van der Waals surface area contributed by atoms with Gasteiger partial charge in [-0.2, -0.15) is 0 Å². The van der Waals surface area contributed by atoms with E-state index in [0.29, 0.717) is 37.1 Å². The minimum atomic E-state index is -4.19. The van der Waals surface area contributed by atoms with Crippen LogP contribution in [0.5, 0.6) is 0 Å². The molecule has 10 heteroatoms. The van der Waals surface area contributed by atoms with Crippen LogP contribution in [0.1, 0.15) is 103 Å². The number of carbonyl (C=O) groups is 1. The topological polar surface area (TPSA) is 112 Å². The first kappa shape index (κ1) is 38.2. The fraction of sp³-hybridized carbons (Fsp3) is 0.897. The fourth-order valence-corrected chi connectivity index (χ4v) is 4.47. The van der Waals surface area contributed by atoms with Gasteiger partial charge in [-0.05, 0) is 44.9 Å². The summed E-state index contributed by atoms with van der Waals surface area (Å²) in [5.74, 6) is -0.838. The van der Waals surface area contributed by atoms with Gasteiger partial charge < -0.3 is 24.0 Å². The van der Waals surface area contributed by atoms with Crippen molar-refractivity contribution in [3.05, 3.63) is 12.2 Å². The zero-order valence-electron chi connectivity index (χ0n) is 25.3. The molecule has 0 saturated heterocycles. The molecule has 0 fully saturated rings. The molecule has 1 unspecified atom stereocenters. The minimum Gasteiger partial charge on any atom is -0.481 e. The molecule has 0 rings (SSSR count). The van der Waals surface area contributed by atoms with E-state index >= 15 is 0 Å². The van der Waals surface area contributed by atoms with Crippen LogP contribution in [0.25, 0.3) is 0 Å². The summed E-state index contributed by atoms with van der Waals surface area (Å²) in [6.45, 7) is 3.94. The lowest BCUT2D eigenvalue weighted by atomic mass is 10.1. The maximum atomic E-state index is 12.2. The van der Waals surface area contributed by atoms with Gasteiger partial charge in [0.25, 0.3) is 0 Å². The lowest BCUT2D eigenvalue weighted by molar-refractivity contribution is -0.870. The number of phosphoric ester groups is 1. The molecule has 0 spiro atoms. The number of nitrogens with zero attached hydrogens (tertiary/aromatic N) is 1. The Bertz CT molecular complexity index is 654. The number of carboxylic acids is 1. The molecule has 39 heavy (non-hydrogen) atoms. The van der Waals surface area contributed by atoms with Crippen molar-refractivity contribution in [1.29, 1.82) is 0 Å². The van der Waals surface area contributed by atoms with Crippen LogP contribution in [-0.4, -0.2) is 87.3 Å². The Labute approximate surface area is 238 Å². The number of quaternary nitrogens is 1. The largest absolute Gasteiger partial charge is 0.481 e. The third-order valence-corrected chi connectivity index (χ3v) is 7.17. The standard InChI is InChI=1S/C29H58NO8P/c1-5-6-7-8-9-10-11-12-13-14-15-16-17-19-23-35-26-28(36-24-20-18-21-29(31)32)27-38-39(33,34)37-25-22-30(2,3)4/h10-11,28H,5-9,12-27H2,1-4H3,(H-,31,32,33,34)/p+1/b11-10-/t28-/m1/s1. The van der Waals surface area contributed by atoms with Gasteiger partial charge in [-0.25, -0.2) is 4.57 Å². The van der Waals surface area contributed by atoms with Gasteiger partial charge in [-0.1, -0.05) is 64.0 Å². The van der Waals surface area contributed by atoms with E-state index in [9.17, 15) is 14.3 Å². The maximum absolute atomic E-state index is 12.2. The minimum absolute atomic E-state index is 0.0861. The molecule has 0 radical (unpaired) electrons. The third-order valence-electron chi connectivity index (χ3n) is 6.18. The molecule has 0 aromatic rings. The molecule has 0 aromatic heterocycles. The molecular formula is C29H59NO8P+. The summed E-state index contributed by atoms with van der Waals surface area (Å²) in [4.78, 5) is 20.7. The SMILES string of the molecule is CCCCCC/C=C\CCCCCCCCOC[C@H](COP(=O)(O)OCC[N+](C)(C)C)OCCCCC(=O)O. The maximum Gasteiger partial charge on any atom is 0.472 e. The molecule has 0 bridgehead atoms. The summed E-state index contributed by atoms with van der Waals surface area (Å²) >= 11 is 0. The summed E-state index contributed by atoms with van der Waals surface area (Å²) in [6, 6.07) is 0. The van der Waals surface area contributed by atoms with Crippen molar-refractivity contribution in [2.45, 2.75) is 109 Å². The van der Waals surface area contributed by atoms with E-state index in [1.165, 1.54) is 64.2 Å². The van der Waals surface area contributed by atoms with E-state index in [4.69, 9.17) is 23.6 Å². The highest BCUT2D eigenvalue weighted by Gasteiger charge is 2.25. The number of aliphatic carboxylic acids is 1. The molecule has 0 heterocycles. The molecule has 2 atom stereocenters. The van der Waals surface area contributed by atoms with Crippen LogP contribution >= 0.6 is 7.82 Å². The van der Waals surface area contributed by atoms with E-state index < -0.39 is 19.9 Å². The molecule has 232 valence electrons. The van der Waals surface area contributed by atoms with Gasteiger partial charge in [-0.3, -0.25) is 13.8 Å². The van der Waals surface area contributed by atoms with Crippen LogP contribution in [0.2, 0.25) is 0 Å². The molecule has 2 N–H and O–H groups in total. The summed E-state index contributed by atoms with van der Waals surface area (Å²) in [7, 11) is 1.70. The fourth-order valence-electron chi connectivity index (χ4n) is 3.73. The second kappa shape index (κ2) is 25.0. The number of phosphoric acid groups is 1. The second-order valence-electron chi connectivity index (χ2n) is 11.3. The van der Waals surface area contributed by atoms with Gasteiger partial charge in [-0.15, -0.1) is 0 Å². The normalized spacial score (nSPS) is 14.6. The Balaban J connectivity index is 4.07. The summed E-state index contributed by atoms with van der Waals surface area (Å²) < 4.78 is 34.6. The highest BCUT2D eigenvalue weighted by atomic mass is 31.2. The predicted octanol–water partition coefficient (Wildman–Crippen LogP) is 6.74. The molecule has 0 aliphatic carbocycles. The quantitative estimate of drug-likeness (QED) is 0.0433. The Morgan fingerprint density at radius 1 is 0.795 bits per heavy atom. The lowest BCUT2D eigenvalue weighted by Crippen LogP contribution is -2.37. The molecule has 0 aliphatic heterocycles. The monoisotopic (exact) mass is 580 g/mol. The summed E-state index contributed by atoms with van der Waals surface area (Å²) in [5.41, 5.74) is 0. The smallest absolute Gasteiger partial charge is 0.472 e. The van der Waals surface area contributed by atoms with E-state index in [2.05, 4.69) is 19.1 Å². The predicted molar refractivity (Wildman–Crippen MR) is 157 cm³/mol. The zero-order valence-corrected chi connectivity index (χ0v) is 26.2. The number of carboxylic acid groups (broad SMARTS) is 1. The van der Waals surface area contributed by atoms with Crippen molar-refractivity contribution in [2.75, 3.05) is 60.7 Å². The second-order valence-corrected chi connectivity index (χ2v) is 12.7. The van der Waals surface area contributed by atoms with Crippen LogP contribution in [0.3, 0.4) is 0 Å². The van der Waals surface area contributed by atoms with Gasteiger partial charge in [0.15, 0.2) is 0 Å². The van der Waals surface area contributed by atoms with Crippen molar-refractivity contribution in [3.8, 4) is 0 Å². The first-order chi connectivity index (χ1) is 18.6. The van der Waals surface area contributed by atoms with E-state index in [-0.39, 0.29) is 26.2 Å². The molecule has 0 amide bonds. The van der Waals surface area contributed by atoms with Crippen LogP contribution in [0.4, 0.5) is 0 Å². The van der Waals surface area contributed by atoms with E-state index in [1.54, 1.807) is 0 Å². The molecule has 0 saturated carbocycles. The van der Waals surface area contributed by atoms with Gasteiger partial charge in [0.05, 0.1) is 34.4 Å². The van der Waals surface area contributed by atoms with E-state index in [1.807, 2.05) is 21.1 Å². The summed E-state index contributed by atoms with van der Waals surface area (Å²) in [6.07, 6.45) is 20.0. The Morgan fingerprint density at radius 3 is 2.00 bits per heavy atom. The highest BCUT2D eigenvalue weighted by Crippen LogP contribution is 2.43. The Morgan fingerprint density at radius 2 is 1.38 bits per heavy atom. The number of likely N-dealkylation sites (N-methyl/N-ethyl adjacent to an activating group) is 1. The molecular weight excluding hydrogens is 521 g/mol. The number of allylic oxidation sites excluding steroid dienone is 2. The van der Waals surface area contributed by atoms with Crippen LogP contribution < -0.4 is 0 Å². The number of hydrogen-bond acceptors (Lipinski definition) is 6. The Kier molecular flexibility index (Phi) is 24.4. The molecule has 0 aliphatic rings. The average molecular weight is 581 g/mol. The van der Waals surface area contributed by atoms with E-state index in [0.717, 1.165) is 12.8 Å². The van der Waals surface area contributed by atoms with Crippen molar-refractivity contribution < 1.29 is 42.4 Å². The molecule has 9 nitrogen and oxygen atoms in total. The first-order valence-corrected chi connectivity index (χ1v) is 16.5. The van der Waals surface area contributed by atoms with Gasteiger partial charge in [0, 0.05) is 19.6 Å². The Hall–Kier alpha value is -0.800. The number of rotatable bonds is 29. The van der Waals surface area contributed by atoms with Gasteiger partial charge in [0.2, 0.25) is 0 Å². The van der Waals surface area contributed by atoms with Gasteiger partial charge in [0.1, 0.15) is 19.3 Å². The average Bonchev–Trinajstić information content (AvgIpc) is 2.85. The van der Waals surface area contributed by atoms with Crippen molar-refractivity contribution in [2.24, 2.45) is 0 Å². The van der Waals surface area contributed by atoms with Crippen LogP contribution in [-0.2, 0) is 27.9 Å². The number of unbranched alkanes of at least 4 members (excludes halogenated alkanes) is 11. The van der Waals surface area contributed by atoms with Crippen molar-refractivity contribution >= 4 is 13.8 Å². The summed E-state index contributed by atoms with van der Waals surface area (Å²) in [5, 5.41) is 8.77. The van der Waals surface area contributed by atoms with Crippen LogP contribution in [0.15, 0.2) is 12.2 Å².